The molecule has 1 heterocycles. The summed E-state index contributed by atoms with van der Waals surface area (Å²) in [4.78, 5) is 17.1. The molecule has 1 N–H and O–H groups in total. The zero-order chi connectivity index (χ0) is 18.8. The lowest BCUT2D eigenvalue weighted by Gasteiger charge is -2.35. The minimum absolute atomic E-state index is 0.0791. The van der Waals surface area contributed by atoms with Gasteiger partial charge in [0.2, 0.25) is 0 Å². The molecule has 0 spiro atoms. The number of benzene rings is 1. The van der Waals surface area contributed by atoms with Crippen molar-refractivity contribution >= 4 is 5.91 Å². The van der Waals surface area contributed by atoms with Crippen LogP contribution < -0.4 is 0 Å². The largest absolute Gasteiger partial charge is 0.390 e. The second-order valence-electron chi connectivity index (χ2n) is 8.76. The van der Waals surface area contributed by atoms with Crippen LogP contribution in [0.15, 0.2) is 24.3 Å². The molecule has 0 radical (unpaired) electrons. The van der Waals surface area contributed by atoms with Crippen LogP contribution in [-0.4, -0.2) is 59.1 Å². The minimum atomic E-state index is -0.684. The van der Waals surface area contributed by atoms with Crippen molar-refractivity contribution in [3.05, 3.63) is 35.4 Å². The van der Waals surface area contributed by atoms with Crippen LogP contribution in [0.25, 0.3) is 0 Å². The molecule has 1 aliphatic heterocycles. The minimum Gasteiger partial charge on any atom is -0.390 e. The Balaban J connectivity index is 2.02. The Morgan fingerprint density at radius 1 is 1.40 bits per heavy atom. The Labute approximate surface area is 152 Å². The van der Waals surface area contributed by atoms with E-state index < -0.39 is 5.60 Å². The Kier molecular flexibility index (Phi) is 5.95. The first-order valence-electron chi connectivity index (χ1n) is 9.29. The van der Waals surface area contributed by atoms with Crippen LogP contribution in [0.2, 0.25) is 0 Å². The number of hydrogen-bond donors (Lipinski definition) is 1. The van der Waals surface area contributed by atoms with E-state index in [1.54, 1.807) is 0 Å². The Morgan fingerprint density at radius 2 is 2.08 bits per heavy atom. The molecule has 0 saturated carbocycles. The number of carbonyl (C=O) groups is 1. The van der Waals surface area contributed by atoms with Crippen LogP contribution in [0.1, 0.15) is 56.5 Å². The summed E-state index contributed by atoms with van der Waals surface area (Å²) < 4.78 is 0. The summed E-state index contributed by atoms with van der Waals surface area (Å²) in [6.07, 6.45) is 2.59. The summed E-state index contributed by atoms with van der Waals surface area (Å²) in [6, 6.07) is 7.82. The predicted octanol–water partition coefficient (Wildman–Crippen LogP) is 3.19. The van der Waals surface area contributed by atoms with Crippen molar-refractivity contribution in [2.45, 2.75) is 58.1 Å². The van der Waals surface area contributed by atoms with Gasteiger partial charge in [-0.1, -0.05) is 12.1 Å². The SMILES string of the molecule is CN(CC1CCN(C)C1(C)C)C(=O)c1cccc(CCC(C)(C)O)c1. The van der Waals surface area contributed by atoms with E-state index in [0.29, 0.717) is 12.3 Å². The summed E-state index contributed by atoms with van der Waals surface area (Å²) in [7, 11) is 4.06. The van der Waals surface area contributed by atoms with Crippen LogP contribution >= 0.6 is 0 Å². The normalized spacial score (nSPS) is 20.7. The van der Waals surface area contributed by atoms with Crippen LogP contribution in [-0.2, 0) is 6.42 Å². The first kappa shape index (κ1) is 19.9. The molecule has 1 amide bonds. The molecule has 1 aromatic carbocycles. The third-order valence-corrected chi connectivity index (χ3v) is 5.84. The lowest BCUT2D eigenvalue weighted by molar-refractivity contribution is 0.0714. The number of aliphatic hydroxyl groups is 1. The number of carbonyl (C=O) groups excluding carboxylic acids is 1. The van der Waals surface area contributed by atoms with Gasteiger partial charge in [0, 0.05) is 24.7 Å². The number of hydrogen-bond acceptors (Lipinski definition) is 3. The first-order valence-corrected chi connectivity index (χ1v) is 9.29. The highest BCUT2D eigenvalue weighted by atomic mass is 16.3. The highest BCUT2D eigenvalue weighted by Crippen LogP contribution is 2.33. The molecule has 1 aliphatic rings. The molecular formula is C21H34N2O2. The van der Waals surface area contributed by atoms with Crippen molar-refractivity contribution in [2.24, 2.45) is 5.92 Å². The molecule has 25 heavy (non-hydrogen) atoms. The van der Waals surface area contributed by atoms with Gasteiger partial charge in [0.15, 0.2) is 0 Å². The van der Waals surface area contributed by atoms with Crippen molar-refractivity contribution in [3.63, 3.8) is 0 Å². The van der Waals surface area contributed by atoms with Gasteiger partial charge in [0.05, 0.1) is 5.60 Å². The van der Waals surface area contributed by atoms with Gasteiger partial charge in [-0.3, -0.25) is 4.79 Å². The Morgan fingerprint density at radius 3 is 2.64 bits per heavy atom. The van der Waals surface area contributed by atoms with Crippen molar-refractivity contribution in [1.82, 2.24) is 9.80 Å². The maximum absolute atomic E-state index is 12.8. The van der Waals surface area contributed by atoms with Gasteiger partial charge >= 0.3 is 0 Å². The standard InChI is InChI=1S/C21H34N2O2/c1-20(2,25)12-10-16-8-7-9-17(14-16)19(24)22(5)15-18-11-13-23(6)21(18,3)4/h7-9,14,18,25H,10-13,15H2,1-6H3. The predicted molar refractivity (Wildman–Crippen MR) is 103 cm³/mol. The molecule has 2 rings (SSSR count). The van der Waals surface area contributed by atoms with Crippen LogP contribution in [0, 0.1) is 5.92 Å². The molecule has 1 saturated heterocycles. The molecule has 1 fully saturated rings. The molecule has 140 valence electrons. The molecule has 1 aromatic rings. The van der Waals surface area contributed by atoms with Gasteiger partial charge in [0.25, 0.3) is 5.91 Å². The van der Waals surface area contributed by atoms with Gasteiger partial charge in [0.1, 0.15) is 0 Å². The Bertz CT molecular complexity index is 604. The van der Waals surface area contributed by atoms with Crippen molar-refractivity contribution < 1.29 is 9.90 Å². The highest BCUT2D eigenvalue weighted by Gasteiger charge is 2.39. The highest BCUT2D eigenvalue weighted by molar-refractivity contribution is 5.94. The average molecular weight is 347 g/mol. The van der Waals surface area contributed by atoms with Crippen LogP contribution in [0.4, 0.5) is 0 Å². The van der Waals surface area contributed by atoms with Crippen molar-refractivity contribution in [3.8, 4) is 0 Å². The van der Waals surface area contributed by atoms with Crippen LogP contribution in [0.5, 0.6) is 0 Å². The second-order valence-corrected chi connectivity index (χ2v) is 8.76. The number of rotatable bonds is 6. The van der Waals surface area contributed by atoms with E-state index in [0.717, 1.165) is 37.1 Å². The third kappa shape index (κ3) is 5.05. The lowest BCUT2D eigenvalue weighted by Crippen LogP contribution is -2.44. The summed E-state index contributed by atoms with van der Waals surface area (Å²) in [6.45, 7) is 10.0. The molecule has 0 aliphatic carbocycles. The van der Waals surface area contributed by atoms with E-state index in [1.165, 1.54) is 0 Å². The van der Waals surface area contributed by atoms with Gasteiger partial charge in [-0.05, 0) is 84.2 Å². The quantitative estimate of drug-likeness (QED) is 0.860. The van der Waals surface area contributed by atoms with E-state index in [4.69, 9.17) is 0 Å². The fraction of sp³-hybridized carbons (Fsp3) is 0.667. The molecule has 1 atom stereocenters. The summed E-state index contributed by atoms with van der Waals surface area (Å²) in [5, 5.41) is 9.90. The van der Waals surface area contributed by atoms with Gasteiger partial charge in [-0.2, -0.15) is 0 Å². The number of nitrogens with zero attached hydrogens (tertiary/aromatic N) is 2. The summed E-state index contributed by atoms with van der Waals surface area (Å²) in [5.74, 6) is 0.570. The number of aryl methyl sites for hydroxylation is 1. The van der Waals surface area contributed by atoms with Gasteiger partial charge < -0.3 is 14.9 Å². The molecule has 4 heteroatoms. The smallest absolute Gasteiger partial charge is 0.253 e. The third-order valence-electron chi connectivity index (χ3n) is 5.84. The maximum Gasteiger partial charge on any atom is 0.253 e. The summed E-state index contributed by atoms with van der Waals surface area (Å²) >= 11 is 0. The molecule has 1 unspecified atom stereocenters. The van der Waals surface area contributed by atoms with Crippen LogP contribution in [0.3, 0.4) is 0 Å². The molecular weight excluding hydrogens is 312 g/mol. The van der Waals surface area contributed by atoms with E-state index >= 15 is 0 Å². The van der Waals surface area contributed by atoms with Gasteiger partial charge in [-0.25, -0.2) is 0 Å². The fourth-order valence-corrected chi connectivity index (χ4v) is 3.56. The van der Waals surface area contributed by atoms with E-state index in [1.807, 2.05) is 50.1 Å². The van der Waals surface area contributed by atoms with Gasteiger partial charge in [-0.15, -0.1) is 0 Å². The summed E-state index contributed by atoms with van der Waals surface area (Å²) in [5.41, 5.74) is 1.28. The van der Waals surface area contributed by atoms with E-state index in [-0.39, 0.29) is 11.4 Å². The fourth-order valence-electron chi connectivity index (χ4n) is 3.56. The zero-order valence-electron chi connectivity index (χ0n) is 16.7. The van der Waals surface area contributed by atoms with Crippen molar-refractivity contribution in [2.75, 3.05) is 27.2 Å². The lowest BCUT2D eigenvalue weighted by atomic mass is 9.88. The number of likely N-dealkylation sites (tertiary alicyclic amines) is 1. The zero-order valence-corrected chi connectivity index (χ0v) is 16.7. The maximum atomic E-state index is 12.8. The average Bonchev–Trinajstić information content (AvgIpc) is 2.78. The topological polar surface area (TPSA) is 43.8 Å². The molecule has 0 bridgehead atoms. The molecule has 0 aromatic heterocycles. The van der Waals surface area contributed by atoms with Crippen molar-refractivity contribution in [1.29, 1.82) is 0 Å². The second kappa shape index (κ2) is 7.46. The number of amides is 1. The van der Waals surface area contributed by atoms with E-state index in [9.17, 15) is 9.90 Å². The molecule has 4 nitrogen and oxygen atoms in total. The van der Waals surface area contributed by atoms with E-state index in [2.05, 4.69) is 25.8 Å². The first-order chi connectivity index (χ1) is 11.5. The Hall–Kier alpha value is -1.39. The monoisotopic (exact) mass is 346 g/mol.